The number of rotatable bonds is 5. The smallest absolute Gasteiger partial charge is 0.242 e. The van der Waals surface area contributed by atoms with Gasteiger partial charge in [-0.25, -0.2) is 0 Å². The molecule has 5 N–H and O–H groups in total. The van der Waals surface area contributed by atoms with E-state index in [0.29, 0.717) is 13.0 Å². The van der Waals surface area contributed by atoms with E-state index in [0.717, 1.165) is 17.6 Å². The number of nitrogens with zero attached hydrogens (tertiary/aromatic N) is 1. The van der Waals surface area contributed by atoms with Crippen molar-refractivity contribution in [1.82, 2.24) is 10.2 Å². The van der Waals surface area contributed by atoms with Gasteiger partial charge in [0.05, 0.1) is 13.1 Å². The number of nitrogens with two attached hydrogens (primary N) is 2. The Labute approximate surface area is 147 Å². The molecule has 2 atom stereocenters. The SMILES string of the molecule is CCC1(C)C=CC2=C(C=C1)CN(C(=O)CNC(=O)CN)C(C(N)=O)C2. The van der Waals surface area contributed by atoms with Crippen LogP contribution >= 0.6 is 0 Å². The molecule has 7 nitrogen and oxygen atoms in total. The van der Waals surface area contributed by atoms with Crippen molar-refractivity contribution in [3.8, 4) is 0 Å². The van der Waals surface area contributed by atoms with E-state index in [4.69, 9.17) is 11.5 Å². The summed E-state index contributed by atoms with van der Waals surface area (Å²) in [5.41, 5.74) is 12.7. The van der Waals surface area contributed by atoms with Gasteiger partial charge in [0, 0.05) is 18.4 Å². The van der Waals surface area contributed by atoms with E-state index in [2.05, 4.69) is 31.3 Å². The standard InChI is InChI=1S/C18H26N4O3/c1-3-18(2)6-4-12-8-14(17(20)25)22(11-13(12)5-7-18)16(24)10-21-15(23)9-19/h4-7,14H,3,8-11,19H2,1-2H3,(H2,20,25)(H,21,23). The second-order valence-corrected chi connectivity index (χ2v) is 6.70. The van der Waals surface area contributed by atoms with Crippen molar-refractivity contribution in [3.05, 3.63) is 35.5 Å². The summed E-state index contributed by atoms with van der Waals surface area (Å²) in [4.78, 5) is 37.0. The number of carbonyl (C=O) groups is 3. The number of hydrogen-bond acceptors (Lipinski definition) is 4. The quantitative estimate of drug-likeness (QED) is 0.648. The highest BCUT2D eigenvalue weighted by molar-refractivity contribution is 5.90. The van der Waals surface area contributed by atoms with E-state index in [1.165, 1.54) is 4.90 Å². The predicted molar refractivity (Wildman–Crippen MR) is 95.1 cm³/mol. The van der Waals surface area contributed by atoms with Crippen LogP contribution in [0.25, 0.3) is 0 Å². The molecular formula is C18H26N4O3. The molecule has 3 amide bonds. The Bertz CT molecular complexity index is 665. The number of amides is 3. The molecule has 0 radical (unpaired) electrons. The highest BCUT2D eigenvalue weighted by Crippen LogP contribution is 2.33. The van der Waals surface area contributed by atoms with E-state index in [-0.39, 0.29) is 24.4 Å². The average molecular weight is 346 g/mol. The predicted octanol–water partition coefficient (Wildman–Crippen LogP) is -0.0136. The van der Waals surface area contributed by atoms with Gasteiger partial charge in [-0.2, -0.15) is 0 Å². The molecule has 2 aliphatic rings. The third-order valence-corrected chi connectivity index (χ3v) is 4.91. The van der Waals surface area contributed by atoms with Gasteiger partial charge in [-0.3, -0.25) is 14.4 Å². The lowest BCUT2D eigenvalue weighted by Gasteiger charge is -2.35. The van der Waals surface area contributed by atoms with Gasteiger partial charge in [0.2, 0.25) is 17.7 Å². The molecule has 0 spiro atoms. The van der Waals surface area contributed by atoms with Crippen LogP contribution in [0.3, 0.4) is 0 Å². The van der Waals surface area contributed by atoms with E-state index in [1.807, 2.05) is 12.2 Å². The number of nitrogens with one attached hydrogen (secondary N) is 1. The van der Waals surface area contributed by atoms with Crippen molar-refractivity contribution in [2.45, 2.75) is 32.7 Å². The zero-order chi connectivity index (χ0) is 18.6. The van der Waals surface area contributed by atoms with Crippen LogP contribution in [0, 0.1) is 5.41 Å². The minimum Gasteiger partial charge on any atom is -0.368 e. The second-order valence-electron chi connectivity index (χ2n) is 6.70. The third kappa shape index (κ3) is 4.36. The maximum Gasteiger partial charge on any atom is 0.242 e. The molecule has 0 saturated carbocycles. The lowest BCUT2D eigenvalue weighted by atomic mass is 9.87. The Balaban J connectivity index is 2.22. The van der Waals surface area contributed by atoms with Crippen LogP contribution in [0.15, 0.2) is 35.5 Å². The Morgan fingerprint density at radius 1 is 1.28 bits per heavy atom. The van der Waals surface area contributed by atoms with Crippen molar-refractivity contribution in [2.75, 3.05) is 19.6 Å². The van der Waals surface area contributed by atoms with Gasteiger partial charge in [0.15, 0.2) is 0 Å². The van der Waals surface area contributed by atoms with Crippen molar-refractivity contribution >= 4 is 17.7 Å². The summed E-state index contributed by atoms with van der Waals surface area (Å²) in [7, 11) is 0. The summed E-state index contributed by atoms with van der Waals surface area (Å²) >= 11 is 0. The lowest BCUT2D eigenvalue weighted by molar-refractivity contribution is -0.139. The summed E-state index contributed by atoms with van der Waals surface area (Å²) < 4.78 is 0. The number of primary amides is 1. The molecule has 0 aromatic heterocycles. The highest BCUT2D eigenvalue weighted by atomic mass is 16.2. The number of allylic oxidation sites excluding steroid dienone is 3. The molecule has 1 aliphatic heterocycles. The van der Waals surface area contributed by atoms with Crippen molar-refractivity contribution in [1.29, 1.82) is 0 Å². The van der Waals surface area contributed by atoms with Crippen LogP contribution in [0.2, 0.25) is 0 Å². The average Bonchev–Trinajstić information content (AvgIpc) is 2.77. The Morgan fingerprint density at radius 3 is 2.48 bits per heavy atom. The molecule has 7 heteroatoms. The zero-order valence-corrected chi connectivity index (χ0v) is 14.7. The lowest BCUT2D eigenvalue weighted by Crippen LogP contribution is -2.53. The molecule has 1 heterocycles. The maximum atomic E-state index is 12.5. The molecule has 25 heavy (non-hydrogen) atoms. The Morgan fingerprint density at radius 2 is 1.92 bits per heavy atom. The summed E-state index contributed by atoms with van der Waals surface area (Å²) in [6.07, 6.45) is 9.63. The van der Waals surface area contributed by atoms with Crippen LogP contribution in [-0.2, 0) is 14.4 Å². The molecule has 0 saturated heterocycles. The summed E-state index contributed by atoms with van der Waals surface area (Å²) in [6.45, 7) is 4.15. The van der Waals surface area contributed by atoms with Crippen molar-refractivity contribution in [3.63, 3.8) is 0 Å². The van der Waals surface area contributed by atoms with E-state index < -0.39 is 17.9 Å². The zero-order valence-electron chi connectivity index (χ0n) is 14.7. The van der Waals surface area contributed by atoms with Crippen LogP contribution in [-0.4, -0.2) is 48.3 Å². The van der Waals surface area contributed by atoms with Crippen LogP contribution in [0.1, 0.15) is 26.7 Å². The van der Waals surface area contributed by atoms with Gasteiger partial charge in [-0.15, -0.1) is 0 Å². The fourth-order valence-electron chi connectivity index (χ4n) is 2.92. The van der Waals surface area contributed by atoms with E-state index in [1.54, 1.807) is 0 Å². The molecule has 0 fully saturated rings. The summed E-state index contributed by atoms with van der Waals surface area (Å²) in [6, 6.07) is -0.718. The van der Waals surface area contributed by atoms with Gasteiger partial charge < -0.3 is 21.7 Å². The van der Waals surface area contributed by atoms with E-state index >= 15 is 0 Å². The Hall–Kier alpha value is -2.41. The Kier molecular flexibility index (Phi) is 5.79. The number of carbonyl (C=O) groups excluding carboxylic acids is 3. The van der Waals surface area contributed by atoms with Gasteiger partial charge in [0.1, 0.15) is 6.04 Å². The monoisotopic (exact) mass is 346 g/mol. The highest BCUT2D eigenvalue weighted by Gasteiger charge is 2.34. The fraction of sp³-hybridized carbons (Fsp3) is 0.500. The first-order valence-corrected chi connectivity index (χ1v) is 8.45. The molecule has 0 bridgehead atoms. The molecular weight excluding hydrogens is 320 g/mol. The molecule has 0 aromatic rings. The van der Waals surface area contributed by atoms with Gasteiger partial charge in [-0.05, 0) is 17.6 Å². The van der Waals surface area contributed by atoms with Gasteiger partial charge >= 0.3 is 0 Å². The second kappa shape index (κ2) is 7.65. The maximum absolute atomic E-state index is 12.5. The largest absolute Gasteiger partial charge is 0.368 e. The fourth-order valence-corrected chi connectivity index (χ4v) is 2.92. The molecule has 1 aliphatic carbocycles. The van der Waals surface area contributed by atoms with Gasteiger partial charge in [0.25, 0.3) is 0 Å². The normalized spacial score (nSPS) is 25.4. The first-order valence-electron chi connectivity index (χ1n) is 8.45. The van der Waals surface area contributed by atoms with Crippen molar-refractivity contribution in [2.24, 2.45) is 16.9 Å². The first kappa shape index (κ1) is 18.9. The van der Waals surface area contributed by atoms with E-state index in [9.17, 15) is 14.4 Å². The van der Waals surface area contributed by atoms with Crippen LogP contribution < -0.4 is 16.8 Å². The number of hydrogen-bond donors (Lipinski definition) is 3. The minimum absolute atomic E-state index is 0.0521. The molecule has 0 aromatic carbocycles. The van der Waals surface area contributed by atoms with Gasteiger partial charge in [-0.1, -0.05) is 38.2 Å². The third-order valence-electron chi connectivity index (χ3n) is 4.91. The van der Waals surface area contributed by atoms with Crippen LogP contribution in [0.4, 0.5) is 0 Å². The topological polar surface area (TPSA) is 119 Å². The minimum atomic E-state index is -0.718. The van der Waals surface area contributed by atoms with Crippen LogP contribution in [0.5, 0.6) is 0 Å². The summed E-state index contributed by atoms with van der Waals surface area (Å²) in [5.74, 6) is -1.32. The summed E-state index contributed by atoms with van der Waals surface area (Å²) in [5, 5.41) is 2.44. The molecule has 2 unspecified atom stereocenters. The molecule has 2 rings (SSSR count). The molecule has 136 valence electrons. The first-order chi connectivity index (χ1) is 11.8. The van der Waals surface area contributed by atoms with Crippen molar-refractivity contribution < 1.29 is 14.4 Å².